The van der Waals surface area contributed by atoms with Crippen LogP contribution in [0.25, 0.3) is 5.57 Å². The predicted octanol–water partition coefficient (Wildman–Crippen LogP) is 3.03. The maximum absolute atomic E-state index is 9.50. The zero-order chi connectivity index (χ0) is 8.43. The van der Waals surface area contributed by atoms with Gasteiger partial charge in [-0.25, -0.2) is 0 Å². The number of phenolic OH excluding ortho intramolecular Hbond substituents is 1. The molecule has 2 heteroatoms. The van der Waals surface area contributed by atoms with Crippen LogP contribution in [0.4, 0.5) is 0 Å². The van der Waals surface area contributed by atoms with E-state index in [0.717, 1.165) is 14.7 Å². The second-order valence-electron chi connectivity index (χ2n) is 2.42. The number of rotatable bonds is 1. The van der Waals surface area contributed by atoms with Crippen LogP contribution in [0.15, 0.2) is 24.8 Å². The molecule has 0 aromatic heterocycles. The number of phenols is 1. The Labute approximate surface area is 79.9 Å². The van der Waals surface area contributed by atoms with Gasteiger partial charge in [0.15, 0.2) is 0 Å². The lowest BCUT2D eigenvalue weighted by molar-refractivity contribution is 0.470. The van der Waals surface area contributed by atoms with E-state index in [9.17, 15) is 5.11 Å². The third kappa shape index (κ3) is 1.74. The first-order valence-corrected chi connectivity index (χ1v) is 4.34. The van der Waals surface area contributed by atoms with Gasteiger partial charge in [-0.2, -0.15) is 0 Å². The monoisotopic (exact) mass is 260 g/mol. The molecule has 0 aliphatic rings. The predicted molar refractivity (Wildman–Crippen MR) is 55.5 cm³/mol. The standard InChI is InChI=1S/C9H9IO/c1-6(2)7-4-3-5-8(10)9(7)11/h3-5,11H,1H2,2H3. The fourth-order valence-corrected chi connectivity index (χ4v) is 1.36. The van der Waals surface area contributed by atoms with E-state index in [1.54, 1.807) is 0 Å². The normalized spacial score (nSPS) is 9.64. The summed E-state index contributed by atoms with van der Waals surface area (Å²) in [4.78, 5) is 0. The molecule has 0 unspecified atom stereocenters. The first-order chi connectivity index (χ1) is 5.13. The summed E-state index contributed by atoms with van der Waals surface area (Å²) in [5.74, 6) is 0.334. The van der Waals surface area contributed by atoms with Crippen LogP contribution in [0.1, 0.15) is 12.5 Å². The molecule has 0 saturated heterocycles. The van der Waals surface area contributed by atoms with Gasteiger partial charge in [0.1, 0.15) is 5.75 Å². The van der Waals surface area contributed by atoms with Gasteiger partial charge in [0, 0.05) is 5.56 Å². The number of hydrogen-bond donors (Lipinski definition) is 1. The summed E-state index contributed by atoms with van der Waals surface area (Å²) in [6, 6.07) is 5.63. The fourth-order valence-electron chi connectivity index (χ4n) is 0.860. The van der Waals surface area contributed by atoms with Crippen LogP contribution in [-0.4, -0.2) is 5.11 Å². The Morgan fingerprint density at radius 1 is 1.55 bits per heavy atom. The zero-order valence-electron chi connectivity index (χ0n) is 6.26. The Morgan fingerprint density at radius 3 is 2.64 bits per heavy atom. The third-order valence-electron chi connectivity index (χ3n) is 1.45. The zero-order valence-corrected chi connectivity index (χ0v) is 8.42. The van der Waals surface area contributed by atoms with Crippen LogP contribution in [-0.2, 0) is 0 Å². The molecule has 0 aliphatic heterocycles. The van der Waals surface area contributed by atoms with E-state index >= 15 is 0 Å². The Kier molecular flexibility index (Phi) is 2.54. The SMILES string of the molecule is C=C(C)c1cccc(I)c1O. The molecule has 0 bridgehead atoms. The second kappa shape index (κ2) is 3.26. The largest absolute Gasteiger partial charge is 0.506 e. The molecule has 1 aromatic rings. The highest BCUT2D eigenvalue weighted by molar-refractivity contribution is 14.1. The smallest absolute Gasteiger partial charge is 0.136 e. The van der Waals surface area contributed by atoms with Crippen LogP contribution in [0.5, 0.6) is 5.75 Å². The lowest BCUT2D eigenvalue weighted by Gasteiger charge is -2.03. The number of para-hydroxylation sites is 1. The van der Waals surface area contributed by atoms with Crippen molar-refractivity contribution in [2.75, 3.05) is 0 Å². The lowest BCUT2D eigenvalue weighted by atomic mass is 10.1. The molecule has 0 fully saturated rings. The number of allylic oxidation sites excluding steroid dienone is 1. The Morgan fingerprint density at radius 2 is 2.18 bits per heavy atom. The van der Waals surface area contributed by atoms with E-state index < -0.39 is 0 Å². The summed E-state index contributed by atoms with van der Waals surface area (Å²) in [6.07, 6.45) is 0. The van der Waals surface area contributed by atoms with E-state index in [2.05, 4.69) is 29.2 Å². The van der Waals surface area contributed by atoms with E-state index in [-0.39, 0.29) is 0 Å². The summed E-state index contributed by atoms with van der Waals surface area (Å²) in [7, 11) is 0. The van der Waals surface area contributed by atoms with Crippen molar-refractivity contribution in [3.8, 4) is 5.75 Å². The van der Waals surface area contributed by atoms with E-state index in [4.69, 9.17) is 0 Å². The number of hydrogen-bond acceptors (Lipinski definition) is 1. The first-order valence-electron chi connectivity index (χ1n) is 3.26. The van der Waals surface area contributed by atoms with Crippen molar-refractivity contribution in [3.05, 3.63) is 33.9 Å². The average Bonchev–Trinajstić information content (AvgIpc) is 1.94. The summed E-state index contributed by atoms with van der Waals surface area (Å²) < 4.78 is 0.864. The van der Waals surface area contributed by atoms with E-state index in [1.165, 1.54) is 0 Å². The molecule has 0 radical (unpaired) electrons. The molecule has 0 heterocycles. The van der Waals surface area contributed by atoms with Crippen molar-refractivity contribution in [1.29, 1.82) is 0 Å². The highest BCUT2D eigenvalue weighted by Crippen LogP contribution is 2.28. The molecular weight excluding hydrogens is 251 g/mol. The van der Waals surface area contributed by atoms with Gasteiger partial charge in [0.05, 0.1) is 3.57 Å². The minimum absolute atomic E-state index is 0.334. The van der Waals surface area contributed by atoms with Crippen LogP contribution in [0.3, 0.4) is 0 Å². The van der Waals surface area contributed by atoms with Crippen molar-refractivity contribution in [3.63, 3.8) is 0 Å². The summed E-state index contributed by atoms with van der Waals surface area (Å²) in [5.41, 5.74) is 1.72. The van der Waals surface area contributed by atoms with Crippen molar-refractivity contribution in [1.82, 2.24) is 0 Å². The molecule has 0 atom stereocenters. The van der Waals surface area contributed by atoms with Gasteiger partial charge in [-0.1, -0.05) is 18.7 Å². The van der Waals surface area contributed by atoms with Gasteiger partial charge in [0.25, 0.3) is 0 Å². The van der Waals surface area contributed by atoms with Crippen LogP contribution in [0.2, 0.25) is 0 Å². The molecule has 0 aliphatic carbocycles. The quantitative estimate of drug-likeness (QED) is 0.769. The third-order valence-corrected chi connectivity index (χ3v) is 2.32. The highest BCUT2D eigenvalue weighted by atomic mass is 127. The molecule has 1 aromatic carbocycles. The van der Waals surface area contributed by atoms with Crippen molar-refractivity contribution in [2.45, 2.75) is 6.92 Å². The Bertz CT molecular complexity index is 292. The van der Waals surface area contributed by atoms with Crippen molar-refractivity contribution in [2.24, 2.45) is 0 Å². The number of halogens is 1. The number of benzene rings is 1. The Balaban J connectivity index is 3.27. The summed E-state index contributed by atoms with van der Waals surface area (Å²) >= 11 is 2.09. The molecule has 11 heavy (non-hydrogen) atoms. The summed E-state index contributed by atoms with van der Waals surface area (Å²) in [6.45, 7) is 5.64. The molecule has 0 saturated carbocycles. The molecule has 1 rings (SSSR count). The molecular formula is C9H9IO. The van der Waals surface area contributed by atoms with Gasteiger partial charge in [0.2, 0.25) is 0 Å². The maximum atomic E-state index is 9.50. The fraction of sp³-hybridized carbons (Fsp3) is 0.111. The minimum Gasteiger partial charge on any atom is -0.506 e. The van der Waals surface area contributed by atoms with E-state index in [1.807, 2.05) is 25.1 Å². The first kappa shape index (κ1) is 8.59. The topological polar surface area (TPSA) is 20.2 Å². The van der Waals surface area contributed by atoms with Crippen LogP contribution >= 0.6 is 22.6 Å². The van der Waals surface area contributed by atoms with Crippen LogP contribution < -0.4 is 0 Å². The van der Waals surface area contributed by atoms with Gasteiger partial charge in [-0.05, 0) is 41.2 Å². The van der Waals surface area contributed by atoms with Crippen LogP contribution in [0, 0.1) is 3.57 Å². The van der Waals surface area contributed by atoms with Gasteiger partial charge >= 0.3 is 0 Å². The van der Waals surface area contributed by atoms with Gasteiger partial charge < -0.3 is 5.11 Å². The lowest BCUT2D eigenvalue weighted by Crippen LogP contribution is -1.81. The summed E-state index contributed by atoms with van der Waals surface area (Å²) in [5, 5.41) is 9.50. The van der Waals surface area contributed by atoms with E-state index in [0.29, 0.717) is 5.75 Å². The second-order valence-corrected chi connectivity index (χ2v) is 3.58. The minimum atomic E-state index is 0.334. The van der Waals surface area contributed by atoms with Crippen molar-refractivity contribution < 1.29 is 5.11 Å². The highest BCUT2D eigenvalue weighted by Gasteiger charge is 2.03. The van der Waals surface area contributed by atoms with Crippen molar-refractivity contribution >= 4 is 28.2 Å². The molecule has 0 spiro atoms. The molecule has 1 nitrogen and oxygen atoms in total. The molecule has 0 amide bonds. The average molecular weight is 260 g/mol. The number of aromatic hydroxyl groups is 1. The Hall–Kier alpha value is -0.510. The van der Waals surface area contributed by atoms with Gasteiger partial charge in [-0.15, -0.1) is 0 Å². The maximum Gasteiger partial charge on any atom is 0.136 e. The van der Waals surface area contributed by atoms with Gasteiger partial charge in [-0.3, -0.25) is 0 Å². The molecule has 58 valence electrons. The molecule has 1 N–H and O–H groups in total.